The van der Waals surface area contributed by atoms with E-state index in [1.165, 1.54) is 0 Å². The summed E-state index contributed by atoms with van der Waals surface area (Å²) < 4.78 is 0. The Bertz CT molecular complexity index is 328. The van der Waals surface area contributed by atoms with Crippen LogP contribution in [0.2, 0.25) is 0 Å². The van der Waals surface area contributed by atoms with Crippen LogP contribution in [0.25, 0.3) is 0 Å². The Labute approximate surface area is 82.2 Å². The highest BCUT2D eigenvalue weighted by molar-refractivity contribution is 5.68. The Kier molecular flexibility index (Phi) is 3.39. The average Bonchev–Trinajstić information content (AvgIpc) is 2.01. The number of nitrogens with zero attached hydrogens (tertiary/aromatic N) is 2. The van der Waals surface area contributed by atoms with E-state index in [4.69, 9.17) is 5.11 Å². The van der Waals surface area contributed by atoms with E-state index < -0.39 is 5.97 Å². The van der Waals surface area contributed by atoms with Crippen LogP contribution >= 0.6 is 0 Å². The van der Waals surface area contributed by atoms with Gasteiger partial charge in [0.2, 0.25) is 0 Å². The number of aromatic nitrogens is 2. The van der Waals surface area contributed by atoms with E-state index >= 15 is 0 Å². The van der Waals surface area contributed by atoms with Gasteiger partial charge in [-0.15, -0.1) is 0 Å². The van der Waals surface area contributed by atoms with Crippen LogP contribution in [-0.2, 0) is 4.79 Å². The number of carboxylic acids is 1. The fourth-order valence-electron chi connectivity index (χ4n) is 1.10. The number of aliphatic carboxylic acids is 1. The molecule has 0 fully saturated rings. The Morgan fingerprint density at radius 1 is 1.71 bits per heavy atom. The molecule has 0 spiro atoms. The third-order valence-electron chi connectivity index (χ3n) is 1.65. The Hall–Kier alpha value is -1.65. The van der Waals surface area contributed by atoms with E-state index in [2.05, 4.69) is 15.3 Å². The van der Waals surface area contributed by atoms with E-state index in [1.54, 1.807) is 26.1 Å². The van der Waals surface area contributed by atoms with Gasteiger partial charge in [-0.2, -0.15) is 0 Å². The molecule has 1 unspecified atom stereocenters. The standard InChI is InChI=1S/C9H13N3O2/c1-6(5-9(13)14)11-8-3-4-10-7(2)12-8/h3-4,6H,5H2,1-2H3,(H,13,14)(H,10,11,12). The van der Waals surface area contributed by atoms with Crippen molar-refractivity contribution >= 4 is 11.8 Å². The van der Waals surface area contributed by atoms with Crippen LogP contribution in [0.1, 0.15) is 19.2 Å². The number of nitrogens with one attached hydrogen (secondary N) is 1. The van der Waals surface area contributed by atoms with E-state index in [0.717, 1.165) is 0 Å². The van der Waals surface area contributed by atoms with Gasteiger partial charge >= 0.3 is 5.97 Å². The largest absolute Gasteiger partial charge is 0.481 e. The van der Waals surface area contributed by atoms with Gasteiger partial charge in [-0.05, 0) is 19.9 Å². The molecule has 5 nitrogen and oxygen atoms in total. The molecule has 1 heterocycles. The van der Waals surface area contributed by atoms with Crippen LogP contribution in [0.5, 0.6) is 0 Å². The zero-order valence-electron chi connectivity index (χ0n) is 8.19. The SMILES string of the molecule is Cc1nccc(NC(C)CC(=O)O)n1. The highest BCUT2D eigenvalue weighted by Crippen LogP contribution is 2.05. The third-order valence-corrected chi connectivity index (χ3v) is 1.65. The van der Waals surface area contributed by atoms with Gasteiger partial charge in [-0.3, -0.25) is 4.79 Å². The zero-order valence-corrected chi connectivity index (χ0v) is 8.19. The Balaban J connectivity index is 2.55. The van der Waals surface area contributed by atoms with Gasteiger partial charge in [-0.25, -0.2) is 9.97 Å². The van der Waals surface area contributed by atoms with Gasteiger partial charge in [0.15, 0.2) is 0 Å². The van der Waals surface area contributed by atoms with E-state index in [1.807, 2.05) is 0 Å². The van der Waals surface area contributed by atoms with Crippen LogP contribution in [0.15, 0.2) is 12.3 Å². The highest BCUT2D eigenvalue weighted by Gasteiger charge is 2.07. The fourth-order valence-corrected chi connectivity index (χ4v) is 1.10. The monoisotopic (exact) mass is 195 g/mol. The van der Waals surface area contributed by atoms with Crippen molar-refractivity contribution in [3.8, 4) is 0 Å². The summed E-state index contributed by atoms with van der Waals surface area (Å²) in [5.74, 6) is 0.500. The molecule has 14 heavy (non-hydrogen) atoms. The van der Waals surface area contributed by atoms with Crippen LogP contribution < -0.4 is 5.32 Å². The normalized spacial score (nSPS) is 12.1. The molecule has 0 bridgehead atoms. The topological polar surface area (TPSA) is 75.1 Å². The lowest BCUT2D eigenvalue weighted by Gasteiger charge is -2.11. The van der Waals surface area contributed by atoms with Crippen molar-refractivity contribution in [3.05, 3.63) is 18.1 Å². The molecule has 1 aromatic heterocycles. The molecule has 0 aliphatic rings. The molecule has 1 atom stereocenters. The van der Waals surface area contributed by atoms with Crippen molar-refractivity contribution in [2.45, 2.75) is 26.3 Å². The third kappa shape index (κ3) is 3.38. The average molecular weight is 195 g/mol. The molecule has 5 heteroatoms. The molecule has 0 saturated heterocycles. The summed E-state index contributed by atoms with van der Waals surface area (Å²) in [4.78, 5) is 18.4. The predicted octanol–water partition coefficient (Wildman–Crippen LogP) is 1.06. The summed E-state index contributed by atoms with van der Waals surface area (Å²) in [6.45, 7) is 3.58. The molecule has 76 valence electrons. The van der Waals surface area contributed by atoms with Gasteiger partial charge in [0.25, 0.3) is 0 Å². The molecule has 0 saturated carbocycles. The first kappa shape index (κ1) is 10.4. The maximum absolute atomic E-state index is 10.4. The summed E-state index contributed by atoms with van der Waals surface area (Å²) in [7, 11) is 0. The Morgan fingerprint density at radius 3 is 3.00 bits per heavy atom. The molecule has 0 radical (unpaired) electrons. The predicted molar refractivity (Wildman–Crippen MR) is 52.1 cm³/mol. The maximum Gasteiger partial charge on any atom is 0.305 e. The number of hydrogen-bond acceptors (Lipinski definition) is 4. The van der Waals surface area contributed by atoms with Crippen molar-refractivity contribution in [2.75, 3.05) is 5.32 Å². The van der Waals surface area contributed by atoms with Crippen molar-refractivity contribution in [1.82, 2.24) is 9.97 Å². The second kappa shape index (κ2) is 4.55. The van der Waals surface area contributed by atoms with Gasteiger partial charge in [0.05, 0.1) is 6.42 Å². The maximum atomic E-state index is 10.4. The number of aryl methyl sites for hydroxylation is 1. The minimum absolute atomic E-state index is 0.0725. The quantitative estimate of drug-likeness (QED) is 0.751. The van der Waals surface area contributed by atoms with Crippen molar-refractivity contribution in [3.63, 3.8) is 0 Å². The molecule has 0 amide bonds. The van der Waals surface area contributed by atoms with Gasteiger partial charge in [0, 0.05) is 12.2 Å². The molecular weight excluding hydrogens is 182 g/mol. The van der Waals surface area contributed by atoms with Crippen LogP contribution in [-0.4, -0.2) is 27.1 Å². The van der Waals surface area contributed by atoms with Gasteiger partial charge < -0.3 is 10.4 Å². The van der Waals surface area contributed by atoms with E-state index in [0.29, 0.717) is 11.6 Å². The number of carboxylic acid groups (broad SMARTS) is 1. The van der Waals surface area contributed by atoms with Crippen molar-refractivity contribution < 1.29 is 9.90 Å². The number of anilines is 1. The molecule has 0 aromatic carbocycles. The first-order valence-corrected chi connectivity index (χ1v) is 4.36. The molecule has 1 rings (SSSR count). The van der Waals surface area contributed by atoms with Crippen molar-refractivity contribution in [1.29, 1.82) is 0 Å². The molecule has 2 N–H and O–H groups in total. The summed E-state index contributed by atoms with van der Waals surface area (Å²) in [5, 5.41) is 11.5. The minimum atomic E-state index is -0.823. The summed E-state index contributed by atoms with van der Waals surface area (Å²) in [6, 6.07) is 1.58. The Morgan fingerprint density at radius 2 is 2.43 bits per heavy atom. The molecule has 0 aliphatic heterocycles. The second-order valence-electron chi connectivity index (χ2n) is 3.13. The molecular formula is C9H13N3O2. The highest BCUT2D eigenvalue weighted by atomic mass is 16.4. The summed E-state index contributed by atoms with van der Waals surface area (Å²) in [6.07, 6.45) is 1.71. The van der Waals surface area contributed by atoms with Gasteiger partial charge in [-0.1, -0.05) is 0 Å². The number of hydrogen-bond donors (Lipinski definition) is 2. The lowest BCUT2D eigenvalue weighted by Crippen LogP contribution is -2.20. The minimum Gasteiger partial charge on any atom is -0.481 e. The summed E-state index contributed by atoms with van der Waals surface area (Å²) >= 11 is 0. The molecule has 0 aliphatic carbocycles. The van der Waals surface area contributed by atoms with Gasteiger partial charge in [0.1, 0.15) is 11.6 Å². The van der Waals surface area contributed by atoms with E-state index in [-0.39, 0.29) is 12.5 Å². The smallest absolute Gasteiger partial charge is 0.305 e. The lowest BCUT2D eigenvalue weighted by atomic mass is 10.2. The zero-order chi connectivity index (χ0) is 10.6. The number of carbonyl (C=O) groups is 1. The molecule has 1 aromatic rings. The van der Waals surface area contributed by atoms with Crippen molar-refractivity contribution in [2.24, 2.45) is 0 Å². The lowest BCUT2D eigenvalue weighted by molar-refractivity contribution is -0.137. The first-order valence-electron chi connectivity index (χ1n) is 4.36. The number of rotatable bonds is 4. The summed E-state index contributed by atoms with van der Waals surface area (Å²) in [5.41, 5.74) is 0. The van der Waals surface area contributed by atoms with E-state index in [9.17, 15) is 4.79 Å². The van der Waals surface area contributed by atoms with Crippen LogP contribution in [0.4, 0.5) is 5.82 Å². The second-order valence-corrected chi connectivity index (χ2v) is 3.13. The van der Waals surface area contributed by atoms with Crippen LogP contribution in [0, 0.1) is 6.92 Å². The van der Waals surface area contributed by atoms with Crippen LogP contribution in [0.3, 0.4) is 0 Å². The fraction of sp³-hybridized carbons (Fsp3) is 0.444. The first-order chi connectivity index (χ1) is 6.58.